The predicted octanol–water partition coefficient (Wildman–Crippen LogP) is 2.75. The third-order valence-electron chi connectivity index (χ3n) is 3.18. The number of alkyl halides is 1. The van der Waals surface area contributed by atoms with Crippen molar-refractivity contribution in [1.82, 2.24) is 10.2 Å². The third kappa shape index (κ3) is 4.48. The highest BCUT2D eigenvalue weighted by Gasteiger charge is 2.28. The van der Waals surface area contributed by atoms with E-state index in [0.29, 0.717) is 12.5 Å². The normalized spacial score (nSPS) is 17.8. The van der Waals surface area contributed by atoms with Gasteiger partial charge < -0.3 is 4.90 Å². The number of carbonyl (C=O) groups excluding carboxylic acids is 2. The van der Waals surface area contributed by atoms with Crippen LogP contribution in [0.2, 0.25) is 0 Å². The molecular weight excluding hydrogens is 252 g/mol. The van der Waals surface area contributed by atoms with Gasteiger partial charge in [0.05, 0.1) is 0 Å². The van der Waals surface area contributed by atoms with Crippen LogP contribution in [0.15, 0.2) is 0 Å². The maximum atomic E-state index is 12.1. The molecule has 0 heterocycles. The lowest BCUT2D eigenvalue weighted by atomic mass is 10.1. The first kappa shape index (κ1) is 15.3. The number of urea groups is 1. The molecule has 1 N–H and O–H groups in total. The number of hydrogen-bond acceptors (Lipinski definition) is 2. The van der Waals surface area contributed by atoms with E-state index in [9.17, 15) is 9.59 Å². The van der Waals surface area contributed by atoms with E-state index in [4.69, 9.17) is 11.6 Å². The fraction of sp³-hybridized carbons (Fsp3) is 0.846. The molecule has 1 aliphatic rings. The first-order valence-corrected chi connectivity index (χ1v) is 7.11. The van der Waals surface area contributed by atoms with E-state index in [-0.39, 0.29) is 12.1 Å². The first-order valence-electron chi connectivity index (χ1n) is 6.67. The predicted molar refractivity (Wildman–Crippen MR) is 72.7 cm³/mol. The zero-order chi connectivity index (χ0) is 13.7. The highest BCUT2D eigenvalue weighted by molar-refractivity contribution is 6.31. The molecule has 1 fully saturated rings. The largest absolute Gasteiger partial charge is 0.324 e. The van der Waals surface area contributed by atoms with Crippen LogP contribution >= 0.6 is 11.6 Å². The molecule has 1 unspecified atom stereocenters. The maximum Gasteiger partial charge on any atom is 0.324 e. The zero-order valence-corrected chi connectivity index (χ0v) is 12.2. The van der Waals surface area contributed by atoms with Crippen molar-refractivity contribution in [1.29, 1.82) is 0 Å². The SMILES string of the molecule is CC(C)CN(C(=O)NC(=O)C(C)Cl)C1CCCC1. The Morgan fingerprint density at radius 2 is 1.83 bits per heavy atom. The monoisotopic (exact) mass is 274 g/mol. The average molecular weight is 275 g/mol. The van der Waals surface area contributed by atoms with Crippen LogP contribution in [0.5, 0.6) is 0 Å². The van der Waals surface area contributed by atoms with Gasteiger partial charge in [-0.25, -0.2) is 4.79 Å². The topological polar surface area (TPSA) is 49.4 Å². The lowest BCUT2D eigenvalue weighted by Crippen LogP contribution is -2.49. The van der Waals surface area contributed by atoms with Crippen LogP contribution in [-0.4, -0.2) is 34.8 Å². The molecule has 0 radical (unpaired) electrons. The fourth-order valence-electron chi connectivity index (χ4n) is 2.28. The Morgan fingerprint density at radius 1 is 1.28 bits per heavy atom. The van der Waals surface area contributed by atoms with Crippen LogP contribution in [0.25, 0.3) is 0 Å². The second-order valence-corrected chi connectivity index (χ2v) is 6.05. The second kappa shape index (κ2) is 6.98. The van der Waals surface area contributed by atoms with Crippen molar-refractivity contribution < 1.29 is 9.59 Å². The van der Waals surface area contributed by atoms with Gasteiger partial charge in [-0.15, -0.1) is 11.6 Å². The van der Waals surface area contributed by atoms with Crippen molar-refractivity contribution in [3.8, 4) is 0 Å². The van der Waals surface area contributed by atoms with E-state index in [1.165, 1.54) is 0 Å². The standard InChI is InChI=1S/C13H23ClN2O2/c1-9(2)8-16(11-6-4-5-7-11)13(18)15-12(17)10(3)14/h9-11H,4-8H2,1-3H3,(H,15,17,18). The van der Waals surface area contributed by atoms with Crippen molar-refractivity contribution >= 4 is 23.5 Å². The summed E-state index contributed by atoms with van der Waals surface area (Å²) in [7, 11) is 0. The number of nitrogens with one attached hydrogen (secondary N) is 1. The van der Waals surface area contributed by atoms with Crippen molar-refractivity contribution in [2.24, 2.45) is 5.92 Å². The molecule has 5 heteroatoms. The Balaban J connectivity index is 2.63. The summed E-state index contributed by atoms with van der Waals surface area (Å²) < 4.78 is 0. The number of rotatable bonds is 4. The molecule has 0 aromatic heterocycles. The van der Waals surface area contributed by atoms with E-state index >= 15 is 0 Å². The Kier molecular flexibility index (Phi) is 5.93. The summed E-state index contributed by atoms with van der Waals surface area (Å²) >= 11 is 5.66. The number of halogens is 1. The fourth-order valence-corrected chi connectivity index (χ4v) is 2.34. The molecule has 1 saturated carbocycles. The van der Waals surface area contributed by atoms with E-state index in [2.05, 4.69) is 19.2 Å². The van der Waals surface area contributed by atoms with Gasteiger partial charge in [0.1, 0.15) is 5.38 Å². The lowest BCUT2D eigenvalue weighted by Gasteiger charge is -2.30. The van der Waals surface area contributed by atoms with Crippen LogP contribution < -0.4 is 5.32 Å². The summed E-state index contributed by atoms with van der Waals surface area (Å²) in [5.74, 6) is -0.0340. The van der Waals surface area contributed by atoms with Crippen LogP contribution in [0.4, 0.5) is 4.79 Å². The quantitative estimate of drug-likeness (QED) is 0.802. The molecule has 18 heavy (non-hydrogen) atoms. The molecule has 1 aliphatic carbocycles. The Labute approximate surface area is 114 Å². The average Bonchev–Trinajstić information content (AvgIpc) is 2.78. The van der Waals surface area contributed by atoms with Gasteiger partial charge in [-0.05, 0) is 25.7 Å². The molecule has 4 nitrogen and oxygen atoms in total. The minimum absolute atomic E-state index is 0.269. The van der Waals surface area contributed by atoms with E-state index in [1.54, 1.807) is 11.8 Å². The highest BCUT2D eigenvalue weighted by Crippen LogP contribution is 2.24. The zero-order valence-electron chi connectivity index (χ0n) is 11.4. The van der Waals surface area contributed by atoms with E-state index in [0.717, 1.165) is 25.7 Å². The van der Waals surface area contributed by atoms with Crippen molar-refractivity contribution in [3.63, 3.8) is 0 Å². The maximum absolute atomic E-state index is 12.1. The van der Waals surface area contributed by atoms with Crippen molar-refractivity contribution in [2.75, 3.05) is 6.54 Å². The molecule has 0 spiro atoms. The van der Waals surface area contributed by atoms with Gasteiger partial charge in [0.25, 0.3) is 0 Å². The van der Waals surface area contributed by atoms with Crippen LogP contribution in [-0.2, 0) is 4.79 Å². The smallest absolute Gasteiger partial charge is 0.321 e. The number of imide groups is 1. The van der Waals surface area contributed by atoms with Gasteiger partial charge in [0.15, 0.2) is 0 Å². The molecule has 1 atom stereocenters. The second-order valence-electron chi connectivity index (χ2n) is 5.39. The third-order valence-corrected chi connectivity index (χ3v) is 3.38. The summed E-state index contributed by atoms with van der Waals surface area (Å²) in [4.78, 5) is 25.4. The van der Waals surface area contributed by atoms with E-state index in [1.807, 2.05) is 0 Å². The van der Waals surface area contributed by atoms with Crippen LogP contribution in [0, 0.1) is 5.92 Å². The number of amides is 3. The van der Waals surface area contributed by atoms with Crippen molar-refractivity contribution in [3.05, 3.63) is 0 Å². The Morgan fingerprint density at radius 3 is 2.28 bits per heavy atom. The molecule has 1 rings (SSSR count). The van der Waals surface area contributed by atoms with Gasteiger partial charge in [0, 0.05) is 12.6 Å². The lowest BCUT2D eigenvalue weighted by molar-refractivity contribution is -0.119. The first-order chi connectivity index (χ1) is 8.41. The minimum Gasteiger partial charge on any atom is -0.321 e. The summed E-state index contributed by atoms with van der Waals surface area (Å²) in [5.41, 5.74) is 0. The summed E-state index contributed by atoms with van der Waals surface area (Å²) in [6.45, 7) is 6.38. The molecular formula is C13H23ClN2O2. The van der Waals surface area contributed by atoms with E-state index < -0.39 is 11.3 Å². The van der Waals surface area contributed by atoms with Crippen molar-refractivity contribution in [2.45, 2.75) is 57.9 Å². The van der Waals surface area contributed by atoms with Gasteiger partial charge in [-0.2, -0.15) is 0 Å². The Bertz CT molecular complexity index is 299. The number of nitrogens with zero attached hydrogens (tertiary/aromatic N) is 1. The van der Waals surface area contributed by atoms with Gasteiger partial charge in [-0.1, -0.05) is 26.7 Å². The minimum atomic E-state index is -0.682. The summed E-state index contributed by atoms with van der Waals surface area (Å²) in [6.07, 6.45) is 4.38. The molecule has 3 amide bonds. The van der Waals surface area contributed by atoms with Gasteiger partial charge in [-0.3, -0.25) is 10.1 Å². The van der Waals surface area contributed by atoms with Crippen LogP contribution in [0.1, 0.15) is 46.5 Å². The molecule has 0 bridgehead atoms. The highest BCUT2D eigenvalue weighted by atomic mass is 35.5. The van der Waals surface area contributed by atoms with Gasteiger partial charge in [0.2, 0.25) is 5.91 Å². The van der Waals surface area contributed by atoms with Crippen LogP contribution in [0.3, 0.4) is 0 Å². The molecule has 0 saturated heterocycles. The number of hydrogen-bond donors (Lipinski definition) is 1. The Hall–Kier alpha value is -0.770. The number of carbonyl (C=O) groups is 2. The molecule has 0 aliphatic heterocycles. The molecule has 0 aromatic carbocycles. The van der Waals surface area contributed by atoms with Gasteiger partial charge >= 0.3 is 6.03 Å². The molecule has 104 valence electrons. The molecule has 0 aromatic rings. The summed E-state index contributed by atoms with van der Waals surface area (Å²) in [5, 5.41) is 1.70. The summed E-state index contributed by atoms with van der Waals surface area (Å²) in [6, 6.07) is -0.0288.